The van der Waals surface area contributed by atoms with Gasteiger partial charge in [-0.25, -0.2) is 13.1 Å². The van der Waals surface area contributed by atoms with Gasteiger partial charge in [0, 0.05) is 12.5 Å². The van der Waals surface area contributed by atoms with Gasteiger partial charge in [0.1, 0.15) is 9.96 Å². The van der Waals surface area contributed by atoms with Gasteiger partial charge in [0.05, 0.1) is 10.9 Å². The summed E-state index contributed by atoms with van der Waals surface area (Å²) < 4.78 is 33.4. The monoisotopic (exact) mass is 357 g/mol. The van der Waals surface area contributed by atoms with Gasteiger partial charge in [-0.2, -0.15) is 0 Å². The summed E-state index contributed by atoms with van der Waals surface area (Å²) in [5, 5.41) is 0. The summed E-state index contributed by atoms with van der Waals surface area (Å²) in [5.41, 5.74) is 2.29. The number of thiophene rings is 1. The SMILES string of the molecule is CC(Cc1ccc2c(c1)CCO2)NS(=O)(=O)c1ccc(Cl)s1. The third kappa shape index (κ3) is 3.46. The Labute approximate surface area is 139 Å². The van der Waals surface area contributed by atoms with E-state index in [1.807, 2.05) is 19.1 Å². The van der Waals surface area contributed by atoms with E-state index in [4.69, 9.17) is 16.3 Å². The molecule has 2 heterocycles. The molecule has 3 rings (SSSR count). The molecule has 1 aliphatic heterocycles. The van der Waals surface area contributed by atoms with Crippen molar-refractivity contribution in [1.82, 2.24) is 4.72 Å². The highest BCUT2D eigenvalue weighted by Crippen LogP contribution is 2.27. The van der Waals surface area contributed by atoms with Crippen molar-refractivity contribution in [3.05, 3.63) is 45.8 Å². The van der Waals surface area contributed by atoms with Crippen LogP contribution in [0.1, 0.15) is 18.1 Å². The molecule has 1 unspecified atom stereocenters. The lowest BCUT2D eigenvalue weighted by molar-refractivity contribution is 0.357. The van der Waals surface area contributed by atoms with Gasteiger partial charge in [0.15, 0.2) is 0 Å². The van der Waals surface area contributed by atoms with Crippen LogP contribution in [0.4, 0.5) is 0 Å². The summed E-state index contributed by atoms with van der Waals surface area (Å²) in [6, 6.07) is 8.94. The number of benzene rings is 1. The molecule has 2 aromatic rings. The normalized spacial score (nSPS) is 15.4. The molecular formula is C15H16ClNO3S2. The second-order valence-electron chi connectivity index (χ2n) is 5.33. The minimum absolute atomic E-state index is 0.203. The van der Waals surface area contributed by atoms with Crippen LogP contribution >= 0.6 is 22.9 Å². The third-order valence-corrected chi connectivity index (χ3v) is 6.78. The zero-order valence-corrected chi connectivity index (χ0v) is 14.4. The number of hydrogen-bond donors (Lipinski definition) is 1. The van der Waals surface area contributed by atoms with E-state index in [9.17, 15) is 8.42 Å². The van der Waals surface area contributed by atoms with Crippen LogP contribution < -0.4 is 9.46 Å². The molecule has 0 saturated carbocycles. The Morgan fingerprint density at radius 1 is 1.36 bits per heavy atom. The van der Waals surface area contributed by atoms with Crippen molar-refractivity contribution in [3.8, 4) is 5.75 Å². The Balaban J connectivity index is 1.68. The molecule has 0 spiro atoms. The van der Waals surface area contributed by atoms with Crippen LogP contribution in [0.2, 0.25) is 4.34 Å². The minimum atomic E-state index is -3.51. The van der Waals surface area contributed by atoms with Gasteiger partial charge in [0.2, 0.25) is 10.0 Å². The molecule has 118 valence electrons. The van der Waals surface area contributed by atoms with Crippen LogP contribution in [-0.4, -0.2) is 21.1 Å². The van der Waals surface area contributed by atoms with Gasteiger partial charge in [-0.1, -0.05) is 23.7 Å². The molecule has 0 bridgehead atoms. The number of rotatable bonds is 5. The van der Waals surface area contributed by atoms with Crippen LogP contribution in [0.5, 0.6) is 5.75 Å². The Bertz CT molecular complexity index is 786. The maximum Gasteiger partial charge on any atom is 0.250 e. The van der Waals surface area contributed by atoms with E-state index in [1.165, 1.54) is 11.6 Å². The molecule has 0 fully saturated rings. The van der Waals surface area contributed by atoms with Gasteiger partial charge >= 0.3 is 0 Å². The molecule has 0 saturated heterocycles. The molecule has 0 aliphatic carbocycles. The highest BCUT2D eigenvalue weighted by Gasteiger charge is 2.20. The quantitative estimate of drug-likeness (QED) is 0.893. The Hall–Kier alpha value is -1.08. The Morgan fingerprint density at radius 3 is 2.91 bits per heavy atom. The number of hydrogen-bond acceptors (Lipinski definition) is 4. The topological polar surface area (TPSA) is 55.4 Å². The number of ether oxygens (including phenoxy) is 1. The fraction of sp³-hybridized carbons (Fsp3) is 0.333. The van der Waals surface area contributed by atoms with Gasteiger partial charge in [-0.3, -0.25) is 0 Å². The summed E-state index contributed by atoms with van der Waals surface area (Å²) in [6.45, 7) is 2.58. The highest BCUT2D eigenvalue weighted by atomic mass is 35.5. The van der Waals surface area contributed by atoms with E-state index in [0.29, 0.717) is 10.8 Å². The van der Waals surface area contributed by atoms with E-state index < -0.39 is 10.0 Å². The second-order valence-corrected chi connectivity index (χ2v) is 8.98. The van der Waals surface area contributed by atoms with Crippen LogP contribution in [0.3, 0.4) is 0 Å². The van der Waals surface area contributed by atoms with E-state index in [0.717, 1.165) is 35.7 Å². The molecule has 0 amide bonds. The van der Waals surface area contributed by atoms with Crippen LogP contribution in [0.15, 0.2) is 34.5 Å². The Kier molecular flexibility index (Phi) is 4.45. The van der Waals surface area contributed by atoms with Crippen LogP contribution in [0.25, 0.3) is 0 Å². The average Bonchev–Trinajstić information content (AvgIpc) is 3.06. The maximum absolute atomic E-state index is 12.3. The first-order chi connectivity index (χ1) is 10.4. The molecule has 7 heteroatoms. The lowest BCUT2D eigenvalue weighted by Crippen LogP contribution is -2.33. The van der Waals surface area contributed by atoms with E-state index in [-0.39, 0.29) is 10.3 Å². The van der Waals surface area contributed by atoms with Crippen molar-refractivity contribution in [2.75, 3.05) is 6.61 Å². The fourth-order valence-corrected chi connectivity index (χ4v) is 5.27. The number of nitrogens with one attached hydrogen (secondary N) is 1. The van der Waals surface area contributed by atoms with Gasteiger partial charge in [-0.15, -0.1) is 11.3 Å². The van der Waals surface area contributed by atoms with Crippen molar-refractivity contribution >= 4 is 33.0 Å². The van der Waals surface area contributed by atoms with E-state index in [2.05, 4.69) is 10.8 Å². The van der Waals surface area contributed by atoms with Crippen molar-refractivity contribution in [3.63, 3.8) is 0 Å². The zero-order chi connectivity index (χ0) is 15.7. The molecule has 1 atom stereocenters. The van der Waals surface area contributed by atoms with Crippen LogP contribution in [0, 0.1) is 0 Å². The maximum atomic E-state index is 12.3. The molecule has 1 N–H and O–H groups in total. The summed E-state index contributed by atoms with van der Waals surface area (Å²) in [4.78, 5) is 0. The van der Waals surface area contributed by atoms with Gasteiger partial charge in [-0.05, 0) is 42.7 Å². The van der Waals surface area contributed by atoms with Crippen LogP contribution in [-0.2, 0) is 22.9 Å². The first kappa shape index (κ1) is 15.8. The molecule has 1 aliphatic rings. The number of sulfonamides is 1. The first-order valence-corrected chi connectivity index (χ1v) is 9.64. The van der Waals surface area contributed by atoms with Crippen molar-refractivity contribution in [2.45, 2.75) is 30.0 Å². The number of halogens is 1. The van der Waals surface area contributed by atoms with Crippen molar-refractivity contribution in [2.24, 2.45) is 0 Å². The summed E-state index contributed by atoms with van der Waals surface area (Å²) >= 11 is 6.86. The molecule has 4 nitrogen and oxygen atoms in total. The predicted molar refractivity (Wildman–Crippen MR) is 88.5 cm³/mol. The lowest BCUT2D eigenvalue weighted by atomic mass is 10.0. The Morgan fingerprint density at radius 2 is 2.18 bits per heavy atom. The molecular weight excluding hydrogens is 342 g/mol. The standard InChI is InChI=1S/C15H16ClNO3S2/c1-10(17-22(18,19)15-5-4-14(16)21-15)8-11-2-3-13-12(9-11)6-7-20-13/h2-5,9-10,17H,6-8H2,1H3. The molecule has 0 radical (unpaired) electrons. The van der Waals surface area contributed by atoms with Crippen molar-refractivity contribution < 1.29 is 13.2 Å². The van der Waals surface area contributed by atoms with Crippen molar-refractivity contribution in [1.29, 1.82) is 0 Å². The molecule has 22 heavy (non-hydrogen) atoms. The molecule has 1 aromatic heterocycles. The van der Waals surface area contributed by atoms with E-state index >= 15 is 0 Å². The van der Waals surface area contributed by atoms with Gasteiger partial charge in [0.25, 0.3) is 0 Å². The number of fused-ring (bicyclic) bond motifs is 1. The minimum Gasteiger partial charge on any atom is -0.493 e. The summed E-state index contributed by atoms with van der Waals surface area (Å²) in [6.07, 6.45) is 1.54. The van der Waals surface area contributed by atoms with Gasteiger partial charge < -0.3 is 4.74 Å². The first-order valence-electron chi connectivity index (χ1n) is 6.96. The molecule has 1 aromatic carbocycles. The highest BCUT2D eigenvalue weighted by molar-refractivity contribution is 7.91. The fourth-order valence-electron chi connectivity index (χ4n) is 2.53. The average molecular weight is 358 g/mol. The summed E-state index contributed by atoms with van der Waals surface area (Å²) in [5.74, 6) is 0.935. The second kappa shape index (κ2) is 6.20. The predicted octanol–water partition coefficient (Wildman–Crippen LogP) is 3.25. The third-order valence-electron chi connectivity index (χ3n) is 3.47. The summed E-state index contributed by atoms with van der Waals surface area (Å²) in [7, 11) is -3.51. The smallest absolute Gasteiger partial charge is 0.250 e. The lowest BCUT2D eigenvalue weighted by Gasteiger charge is -2.14. The van der Waals surface area contributed by atoms with E-state index in [1.54, 1.807) is 6.07 Å². The largest absolute Gasteiger partial charge is 0.493 e. The zero-order valence-electron chi connectivity index (χ0n) is 12.0.